The number of ether oxygens (including phenoxy) is 2. The molecule has 3 aromatic carbocycles. The lowest BCUT2D eigenvalue weighted by Crippen LogP contribution is -2.03. The van der Waals surface area contributed by atoms with Crippen LogP contribution in [0.2, 0.25) is 5.02 Å². The first-order valence-corrected chi connectivity index (χ1v) is 10.8. The van der Waals surface area contributed by atoms with Gasteiger partial charge in [-0.05, 0) is 72.0 Å². The second-order valence-electron chi connectivity index (χ2n) is 7.83. The Morgan fingerprint density at radius 2 is 1.85 bits per heavy atom. The van der Waals surface area contributed by atoms with E-state index in [-0.39, 0.29) is 11.6 Å². The molecule has 0 aliphatic carbocycles. The molecule has 0 aliphatic rings. The topological polar surface area (TPSA) is 86.0 Å². The highest BCUT2D eigenvalue weighted by Crippen LogP contribution is 2.33. The Hall–Kier alpha value is -3.58. The van der Waals surface area contributed by atoms with Crippen LogP contribution in [0.15, 0.2) is 59.7 Å². The SMILES string of the molecule is COc1ccc(/C=N/Nc2ccc([N+](=O)[O-])cc2)cc1COc1cc(C)c(Cl)cc1C(C)C. The van der Waals surface area contributed by atoms with Crippen LogP contribution in [-0.4, -0.2) is 18.2 Å². The van der Waals surface area contributed by atoms with Crippen LogP contribution in [0.3, 0.4) is 0 Å². The molecule has 0 fully saturated rings. The van der Waals surface area contributed by atoms with Gasteiger partial charge in [-0.25, -0.2) is 0 Å². The molecule has 0 spiro atoms. The average Bonchev–Trinajstić information content (AvgIpc) is 2.79. The number of halogens is 1. The number of nitro benzene ring substituents is 1. The number of rotatable bonds is 9. The van der Waals surface area contributed by atoms with E-state index in [4.69, 9.17) is 21.1 Å². The molecule has 8 heteroatoms. The van der Waals surface area contributed by atoms with Gasteiger partial charge in [0.15, 0.2) is 0 Å². The molecule has 33 heavy (non-hydrogen) atoms. The van der Waals surface area contributed by atoms with Crippen LogP contribution in [0, 0.1) is 17.0 Å². The first-order valence-electron chi connectivity index (χ1n) is 10.4. The highest BCUT2D eigenvalue weighted by Gasteiger charge is 2.13. The number of hydrogen-bond acceptors (Lipinski definition) is 6. The number of hydrazone groups is 1. The molecule has 7 nitrogen and oxygen atoms in total. The lowest BCUT2D eigenvalue weighted by atomic mass is 10.0. The summed E-state index contributed by atoms with van der Waals surface area (Å²) in [4.78, 5) is 10.3. The van der Waals surface area contributed by atoms with E-state index in [0.717, 1.165) is 33.0 Å². The molecular weight excluding hydrogens is 442 g/mol. The van der Waals surface area contributed by atoms with Gasteiger partial charge in [-0.15, -0.1) is 0 Å². The second kappa shape index (κ2) is 10.8. The number of hydrogen-bond donors (Lipinski definition) is 1. The largest absolute Gasteiger partial charge is 0.496 e. The van der Waals surface area contributed by atoms with E-state index in [9.17, 15) is 10.1 Å². The van der Waals surface area contributed by atoms with Crippen LogP contribution in [0.4, 0.5) is 11.4 Å². The Kier molecular flexibility index (Phi) is 7.90. The fraction of sp³-hybridized carbons (Fsp3) is 0.240. The predicted molar refractivity (Wildman–Crippen MR) is 132 cm³/mol. The first-order chi connectivity index (χ1) is 15.8. The summed E-state index contributed by atoms with van der Waals surface area (Å²) in [6, 6.07) is 15.7. The maximum absolute atomic E-state index is 10.8. The third kappa shape index (κ3) is 6.23. The van der Waals surface area contributed by atoms with Gasteiger partial charge in [-0.1, -0.05) is 25.4 Å². The number of non-ortho nitro benzene ring substituents is 1. The number of nitrogens with one attached hydrogen (secondary N) is 1. The van der Waals surface area contributed by atoms with E-state index in [1.807, 2.05) is 37.3 Å². The van der Waals surface area contributed by atoms with E-state index < -0.39 is 4.92 Å². The molecule has 1 N–H and O–H groups in total. The van der Waals surface area contributed by atoms with E-state index in [2.05, 4.69) is 24.4 Å². The second-order valence-corrected chi connectivity index (χ2v) is 8.24. The molecule has 0 aromatic heterocycles. The Morgan fingerprint density at radius 3 is 2.48 bits per heavy atom. The monoisotopic (exact) mass is 467 g/mol. The fourth-order valence-electron chi connectivity index (χ4n) is 3.23. The van der Waals surface area contributed by atoms with Gasteiger partial charge in [0.1, 0.15) is 18.1 Å². The van der Waals surface area contributed by atoms with Crippen molar-refractivity contribution in [3.05, 3.63) is 92.0 Å². The van der Waals surface area contributed by atoms with Gasteiger partial charge in [0.05, 0.1) is 23.9 Å². The van der Waals surface area contributed by atoms with Crippen LogP contribution in [0.25, 0.3) is 0 Å². The standard InChI is InChI=1S/C25H26ClN3O4/c1-16(2)22-13-23(26)17(3)11-25(22)33-15-19-12-18(5-10-24(19)32-4)14-27-28-20-6-8-21(9-7-20)29(30)31/h5-14,16,28H,15H2,1-4H3/b27-14+. The minimum Gasteiger partial charge on any atom is -0.496 e. The summed E-state index contributed by atoms with van der Waals surface area (Å²) in [5.41, 5.74) is 7.28. The zero-order valence-electron chi connectivity index (χ0n) is 19.0. The van der Waals surface area contributed by atoms with E-state index in [1.165, 1.54) is 12.1 Å². The maximum Gasteiger partial charge on any atom is 0.269 e. The van der Waals surface area contributed by atoms with Crippen molar-refractivity contribution in [3.63, 3.8) is 0 Å². The van der Waals surface area contributed by atoms with E-state index in [1.54, 1.807) is 25.5 Å². The Labute approximate surface area is 198 Å². The molecule has 0 heterocycles. The molecule has 0 radical (unpaired) electrons. The van der Waals surface area contributed by atoms with Crippen LogP contribution >= 0.6 is 11.6 Å². The molecule has 0 amide bonds. The number of benzene rings is 3. The number of aryl methyl sites for hydroxylation is 1. The third-order valence-electron chi connectivity index (χ3n) is 5.09. The highest BCUT2D eigenvalue weighted by molar-refractivity contribution is 6.31. The summed E-state index contributed by atoms with van der Waals surface area (Å²) in [5.74, 6) is 1.78. The zero-order chi connectivity index (χ0) is 24.0. The van der Waals surface area contributed by atoms with Crippen LogP contribution in [-0.2, 0) is 6.61 Å². The summed E-state index contributed by atoms with van der Waals surface area (Å²) >= 11 is 6.30. The molecule has 0 saturated carbocycles. The number of methoxy groups -OCH3 is 1. The summed E-state index contributed by atoms with van der Waals surface area (Å²) in [6.45, 7) is 6.48. The van der Waals surface area contributed by atoms with Crippen LogP contribution in [0.1, 0.15) is 42.0 Å². The van der Waals surface area contributed by atoms with Gasteiger partial charge >= 0.3 is 0 Å². The Bertz CT molecular complexity index is 1160. The number of nitro groups is 1. The van der Waals surface area contributed by atoms with Gasteiger partial charge in [0, 0.05) is 22.7 Å². The first kappa shape index (κ1) is 24.1. The van der Waals surface area contributed by atoms with Crippen molar-refractivity contribution >= 4 is 29.2 Å². The number of anilines is 1. The van der Waals surface area contributed by atoms with Crippen molar-refractivity contribution < 1.29 is 14.4 Å². The van der Waals surface area contributed by atoms with E-state index in [0.29, 0.717) is 18.0 Å². The van der Waals surface area contributed by atoms with Gasteiger partial charge < -0.3 is 9.47 Å². The molecule has 0 atom stereocenters. The summed E-state index contributed by atoms with van der Waals surface area (Å²) < 4.78 is 11.7. The fourth-order valence-corrected chi connectivity index (χ4v) is 3.40. The molecule has 172 valence electrons. The lowest BCUT2D eigenvalue weighted by Gasteiger charge is -2.17. The molecule has 0 saturated heterocycles. The van der Waals surface area contributed by atoms with Crippen LogP contribution in [0.5, 0.6) is 11.5 Å². The van der Waals surface area contributed by atoms with Gasteiger partial charge in [0.2, 0.25) is 0 Å². The molecule has 0 aliphatic heterocycles. The quantitative estimate of drug-likeness (QED) is 0.214. The van der Waals surface area contributed by atoms with E-state index >= 15 is 0 Å². The van der Waals surface area contributed by atoms with Gasteiger partial charge in [-0.2, -0.15) is 5.10 Å². The molecular formula is C25H26ClN3O4. The average molecular weight is 468 g/mol. The van der Waals surface area contributed by atoms with Crippen molar-refractivity contribution in [2.45, 2.75) is 33.3 Å². The normalized spacial score (nSPS) is 11.1. The molecule has 3 rings (SSSR count). The smallest absolute Gasteiger partial charge is 0.269 e. The summed E-state index contributed by atoms with van der Waals surface area (Å²) in [5, 5.41) is 15.7. The predicted octanol–water partition coefficient (Wildman–Crippen LogP) is 6.71. The molecule has 3 aromatic rings. The van der Waals surface area contributed by atoms with Crippen molar-refractivity contribution in [2.75, 3.05) is 12.5 Å². The Morgan fingerprint density at radius 1 is 1.12 bits per heavy atom. The minimum atomic E-state index is -0.441. The third-order valence-corrected chi connectivity index (χ3v) is 5.49. The minimum absolute atomic E-state index is 0.0285. The number of nitrogens with zero attached hydrogens (tertiary/aromatic N) is 2. The van der Waals surface area contributed by atoms with Gasteiger partial charge in [0.25, 0.3) is 5.69 Å². The van der Waals surface area contributed by atoms with Crippen molar-refractivity contribution in [1.82, 2.24) is 0 Å². The van der Waals surface area contributed by atoms with Crippen molar-refractivity contribution in [3.8, 4) is 11.5 Å². The maximum atomic E-state index is 10.8. The highest BCUT2D eigenvalue weighted by atomic mass is 35.5. The zero-order valence-corrected chi connectivity index (χ0v) is 19.7. The van der Waals surface area contributed by atoms with Crippen molar-refractivity contribution in [1.29, 1.82) is 0 Å². The van der Waals surface area contributed by atoms with Gasteiger partial charge in [-0.3, -0.25) is 15.5 Å². The summed E-state index contributed by atoms with van der Waals surface area (Å²) in [7, 11) is 1.62. The molecule has 0 bridgehead atoms. The lowest BCUT2D eigenvalue weighted by molar-refractivity contribution is -0.384. The molecule has 0 unspecified atom stereocenters. The van der Waals surface area contributed by atoms with Crippen molar-refractivity contribution in [2.24, 2.45) is 5.10 Å². The Balaban J connectivity index is 1.74. The van der Waals surface area contributed by atoms with Crippen LogP contribution < -0.4 is 14.9 Å². The summed E-state index contributed by atoms with van der Waals surface area (Å²) in [6.07, 6.45) is 1.66.